The number of amides is 1. The van der Waals surface area contributed by atoms with E-state index in [0.29, 0.717) is 5.03 Å². The number of aromatic amines is 1. The Labute approximate surface area is 149 Å². The van der Waals surface area contributed by atoms with Crippen LogP contribution in [0.3, 0.4) is 0 Å². The molecule has 25 heavy (non-hydrogen) atoms. The van der Waals surface area contributed by atoms with Crippen LogP contribution >= 0.6 is 11.6 Å². The minimum Gasteiger partial charge on any atom is -0.508 e. The standard InChI is InChI=1S/C19H18ClN3O2/c1-9-6-13-12-4-3-11(24)8-16(12)21-17(13)19(23-9)14-7-10(20)2-5-15(14)22-18(19)25/h2-5,7-9,14-15,21,23-24H,6H2,1H3,(H,22,25)/t9-,14?,15?,19+/m0/s1. The Kier molecular flexibility index (Phi) is 2.95. The Balaban J connectivity index is 1.79. The molecule has 1 aromatic heterocycles. The monoisotopic (exact) mass is 355 g/mol. The molecule has 5 nitrogen and oxygen atoms in total. The van der Waals surface area contributed by atoms with Crippen molar-refractivity contribution in [2.75, 3.05) is 0 Å². The van der Waals surface area contributed by atoms with Crippen LogP contribution in [0.25, 0.3) is 10.9 Å². The number of aromatic hydroxyl groups is 1. The smallest absolute Gasteiger partial charge is 0.247 e. The van der Waals surface area contributed by atoms with Crippen molar-refractivity contribution >= 4 is 28.4 Å². The predicted molar refractivity (Wildman–Crippen MR) is 96.4 cm³/mol. The zero-order valence-electron chi connectivity index (χ0n) is 13.6. The molecule has 128 valence electrons. The van der Waals surface area contributed by atoms with E-state index >= 15 is 0 Å². The molecule has 2 unspecified atom stereocenters. The molecule has 1 aromatic carbocycles. The molecule has 5 rings (SSSR count). The van der Waals surface area contributed by atoms with Crippen LogP contribution in [-0.2, 0) is 16.8 Å². The third-order valence-corrected chi connectivity index (χ3v) is 5.86. The molecule has 4 atom stereocenters. The lowest BCUT2D eigenvalue weighted by atomic mass is 9.73. The Bertz CT molecular complexity index is 976. The first kappa shape index (κ1) is 15.0. The van der Waals surface area contributed by atoms with Gasteiger partial charge in [0.2, 0.25) is 5.91 Å². The lowest BCUT2D eigenvalue weighted by Crippen LogP contribution is -2.59. The number of phenolic OH excluding ortho intramolecular Hbond substituents is 1. The molecule has 4 N–H and O–H groups in total. The van der Waals surface area contributed by atoms with Crippen molar-refractivity contribution < 1.29 is 9.90 Å². The highest BCUT2D eigenvalue weighted by atomic mass is 35.5. The van der Waals surface area contributed by atoms with E-state index in [1.54, 1.807) is 12.1 Å². The number of aromatic nitrogens is 1. The molecule has 3 aliphatic rings. The second-order valence-corrected chi connectivity index (χ2v) is 7.64. The third-order valence-electron chi connectivity index (χ3n) is 5.61. The van der Waals surface area contributed by atoms with E-state index in [-0.39, 0.29) is 29.7 Å². The van der Waals surface area contributed by atoms with Crippen molar-refractivity contribution in [3.05, 3.63) is 52.7 Å². The molecule has 1 aliphatic carbocycles. The average molecular weight is 356 g/mol. The van der Waals surface area contributed by atoms with Crippen LogP contribution < -0.4 is 10.6 Å². The second kappa shape index (κ2) is 4.90. The summed E-state index contributed by atoms with van der Waals surface area (Å²) in [6.07, 6.45) is 6.56. The first-order chi connectivity index (χ1) is 12.0. The van der Waals surface area contributed by atoms with Crippen LogP contribution in [0.2, 0.25) is 0 Å². The summed E-state index contributed by atoms with van der Waals surface area (Å²) in [6.45, 7) is 2.09. The number of carbonyl (C=O) groups excluding carboxylic acids is 1. The topological polar surface area (TPSA) is 77.2 Å². The minimum absolute atomic E-state index is 0.0432. The van der Waals surface area contributed by atoms with Gasteiger partial charge in [-0.1, -0.05) is 23.8 Å². The number of halogens is 1. The van der Waals surface area contributed by atoms with Gasteiger partial charge in [-0.05, 0) is 37.1 Å². The van der Waals surface area contributed by atoms with E-state index in [0.717, 1.165) is 28.6 Å². The molecule has 1 saturated heterocycles. The van der Waals surface area contributed by atoms with Crippen LogP contribution in [0.1, 0.15) is 18.2 Å². The molecule has 1 amide bonds. The molecule has 0 bridgehead atoms. The van der Waals surface area contributed by atoms with Gasteiger partial charge >= 0.3 is 0 Å². The van der Waals surface area contributed by atoms with Gasteiger partial charge in [-0.25, -0.2) is 0 Å². The molecule has 3 heterocycles. The van der Waals surface area contributed by atoms with E-state index < -0.39 is 5.54 Å². The Morgan fingerprint density at radius 1 is 1.36 bits per heavy atom. The Hall–Kier alpha value is -2.24. The van der Waals surface area contributed by atoms with Gasteiger partial charge in [-0.3, -0.25) is 10.1 Å². The average Bonchev–Trinajstić information content (AvgIpc) is 3.04. The molecular weight excluding hydrogens is 338 g/mol. The first-order valence-electron chi connectivity index (χ1n) is 8.47. The number of hydrogen-bond acceptors (Lipinski definition) is 3. The summed E-state index contributed by atoms with van der Waals surface area (Å²) in [7, 11) is 0. The maximum Gasteiger partial charge on any atom is 0.247 e. The molecule has 1 fully saturated rings. The summed E-state index contributed by atoms with van der Waals surface area (Å²) in [5.74, 6) is 0.0532. The van der Waals surface area contributed by atoms with Gasteiger partial charge in [0.15, 0.2) is 0 Å². The fourth-order valence-electron chi connectivity index (χ4n) is 4.65. The van der Waals surface area contributed by atoms with Crippen molar-refractivity contribution in [3.8, 4) is 5.75 Å². The van der Waals surface area contributed by atoms with Crippen molar-refractivity contribution in [3.63, 3.8) is 0 Å². The first-order valence-corrected chi connectivity index (χ1v) is 8.85. The van der Waals surface area contributed by atoms with Crippen molar-refractivity contribution in [1.29, 1.82) is 0 Å². The van der Waals surface area contributed by atoms with E-state index in [2.05, 4.69) is 22.5 Å². The number of benzene rings is 1. The lowest BCUT2D eigenvalue weighted by molar-refractivity contribution is -0.126. The zero-order valence-corrected chi connectivity index (χ0v) is 14.4. The van der Waals surface area contributed by atoms with Gasteiger partial charge in [0.1, 0.15) is 11.3 Å². The minimum atomic E-state index is -0.878. The Morgan fingerprint density at radius 2 is 2.20 bits per heavy atom. The normalized spacial score (nSPS) is 33.3. The number of nitrogens with one attached hydrogen (secondary N) is 3. The summed E-state index contributed by atoms with van der Waals surface area (Å²) in [5.41, 5.74) is 1.98. The number of phenols is 1. The number of hydrogen-bond donors (Lipinski definition) is 4. The SMILES string of the molecule is C[C@H]1Cc2c([nH]c3cc(O)ccc23)[C@@]2(N1)C(=O)NC1C=CC(Cl)=CC12. The summed E-state index contributed by atoms with van der Waals surface area (Å²) < 4.78 is 0. The number of H-pyrrole nitrogens is 1. The summed E-state index contributed by atoms with van der Waals surface area (Å²) in [4.78, 5) is 16.5. The molecule has 2 aromatic rings. The van der Waals surface area contributed by atoms with Gasteiger partial charge in [0.25, 0.3) is 0 Å². The lowest BCUT2D eigenvalue weighted by Gasteiger charge is -2.40. The summed E-state index contributed by atoms with van der Waals surface area (Å²) in [6, 6.07) is 5.37. The van der Waals surface area contributed by atoms with Crippen molar-refractivity contribution in [2.45, 2.75) is 31.0 Å². The Morgan fingerprint density at radius 3 is 3.04 bits per heavy atom. The van der Waals surface area contributed by atoms with E-state index in [4.69, 9.17) is 11.6 Å². The number of allylic oxidation sites excluding steroid dienone is 2. The highest BCUT2D eigenvalue weighted by Crippen LogP contribution is 2.46. The van der Waals surface area contributed by atoms with E-state index in [1.165, 1.54) is 0 Å². The van der Waals surface area contributed by atoms with Gasteiger partial charge in [-0.2, -0.15) is 0 Å². The summed E-state index contributed by atoms with van der Waals surface area (Å²) in [5, 5.41) is 18.2. The van der Waals surface area contributed by atoms with Gasteiger partial charge in [-0.15, -0.1) is 0 Å². The fourth-order valence-corrected chi connectivity index (χ4v) is 4.86. The summed E-state index contributed by atoms with van der Waals surface area (Å²) >= 11 is 6.26. The van der Waals surface area contributed by atoms with Crippen LogP contribution in [-0.4, -0.2) is 28.1 Å². The molecule has 6 heteroatoms. The van der Waals surface area contributed by atoms with Gasteiger partial charge < -0.3 is 15.4 Å². The maximum atomic E-state index is 13.1. The largest absolute Gasteiger partial charge is 0.508 e. The van der Waals surface area contributed by atoms with Crippen LogP contribution in [0.5, 0.6) is 5.75 Å². The van der Waals surface area contributed by atoms with Gasteiger partial charge in [0.05, 0.1) is 11.7 Å². The molecule has 0 radical (unpaired) electrons. The number of rotatable bonds is 0. The zero-order chi connectivity index (χ0) is 17.3. The number of fused-ring (bicyclic) bond motifs is 6. The highest BCUT2D eigenvalue weighted by molar-refractivity contribution is 6.31. The fraction of sp³-hybridized carbons (Fsp3) is 0.316. The number of carbonyl (C=O) groups is 1. The highest BCUT2D eigenvalue weighted by Gasteiger charge is 2.59. The van der Waals surface area contributed by atoms with Crippen LogP contribution in [0.15, 0.2) is 41.5 Å². The molecule has 0 saturated carbocycles. The van der Waals surface area contributed by atoms with Crippen LogP contribution in [0, 0.1) is 5.92 Å². The molecule has 1 spiro atoms. The maximum absolute atomic E-state index is 13.1. The third kappa shape index (κ3) is 1.91. The van der Waals surface area contributed by atoms with Gasteiger partial charge in [0, 0.05) is 34.0 Å². The van der Waals surface area contributed by atoms with Crippen LogP contribution in [0.4, 0.5) is 0 Å². The van der Waals surface area contributed by atoms with E-state index in [9.17, 15) is 9.90 Å². The quantitative estimate of drug-likeness (QED) is 0.586. The van der Waals surface area contributed by atoms with Crippen molar-refractivity contribution in [1.82, 2.24) is 15.6 Å². The molecule has 2 aliphatic heterocycles. The van der Waals surface area contributed by atoms with Crippen molar-refractivity contribution in [2.24, 2.45) is 5.92 Å². The van der Waals surface area contributed by atoms with E-state index in [1.807, 2.05) is 24.3 Å². The second-order valence-electron chi connectivity index (χ2n) is 7.20. The predicted octanol–water partition coefficient (Wildman–Crippen LogP) is 2.41. The molecular formula is C19H18ClN3O2.